The van der Waals surface area contributed by atoms with Crippen LogP contribution in [-0.2, 0) is 24.9 Å². The van der Waals surface area contributed by atoms with Gasteiger partial charge in [0.25, 0.3) is 11.5 Å². The van der Waals surface area contributed by atoms with Gasteiger partial charge in [0.2, 0.25) is 0 Å². The van der Waals surface area contributed by atoms with E-state index in [2.05, 4.69) is 6.07 Å². The van der Waals surface area contributed by atoms with Crippen molar-refractivity contribution in [1.82, 2.24) is 14.0 Å². The highest BCUT2D eigenvalue weighted by atomic mass is 16.5. The molecular weight excluding hydrogens is 470 g/mol. The van der Waals surface area contributed by atoms with Crippen molar-refractivity contribution in [3.8, 4) is 6.07 Å². The monoisotopic (exact) mass is 499 g/mol. The van der Waals surface area contributed by atoms with Crippen molar-refractivity contribution < 1.29 is 9.53 Å². The van der Waals surface area contributed by atoms with E-state index in [-0.39, 0.29) is 25.2 Å². The largest absolute Gasteiger partial charge is 0.356 e. The second-order valence-corrected chi connectivity index (χ2v) is 9.69. The molecule has 2 aromatic carbocycles. The molecule has 1 aromatic heterocycles. The number of nitriles is 1. The molecule has 0 radical (unpaired) electrons. The van der Waals surface area contributed by atoms with Gasteiger partial charge < -0.3 is 14.5 Å². The first kappa shape index (κ1) is 24.5. The number of amides is 1. The number of aryl methyl sites for hydroxylation is 1. The summed E-state index contributed by atoms with van der Waals surface area (Å²) in [6.45, 7) is 3.78. The van der Waals surface area contributed by atoms with Crippen molar-refractivity contribution >= 4 is 11.7 Å². The van der Waals surface area contributed by atoms with Gasteiger partial charge in [-0.2, -0.15) is 5.26 Å². The fraction of sp³-hybridized carbons (Fsp3) is 0.357. The molecule has 9 heteroatoms. The number of piperidine rings is 1. The zero-order valence-electron chi connectivity index (χ0n) is 21.0. The molecule has 190 valence electrons. The van der Waals surface area contributed by atoms with Gasteiger partial charge in [0.1, 0.15) is 12.5 Å². The zero-order chi connectivity index (χ0) is 26.1. The minimum atomic E-state index is -0.448. The smallest absolute Gasteiger partial charge is 0.332 e. The molecule has 3 aromatic rings. The molecule has 2 aliphatic heterocycles. The molecule has 0 N–H and O–H groups in total. The van der Waals surface area contributed by atoms with E-state index in [0.29, 0.717) is 42.2 Å². The SMILES string of the molecule is Cc1ccc2c(c1)C(=O)N(C1CCCN(c3cc(=O)n(C)c(=O)n3Cc3ccccc3C#N)C1)COC2. The third-order valence-corrected chi connectivity index (χ3v) is 7.25. The molecule has 0 spiro atoms. The molecule has 0 aliphatic carbocycles. The number of rotatable bonds is 4. The maximum absolute atomic E-state index is 13.6. The average Bonchev–Trinajstić information content (AvgIpc) is 3.07. The number of carbonyl (C=O) groups is 1. The lowest BCUT2D eigenvalue weighted by atomic mass is 10.0. The molecule has 3 heterocycles. The van der Waals surface area contributed by atoms with Crippen molar-refractivity contribution in [1.29, 1.82) is 5.26 Å². The number of ether oxygens (including phenoxy) is 1. The third-order valence-electron chi connectivity index (χ3n) is 7.25. The fourth-order valence-corrected chi connectivity index (χ4v) is 5.18. The van der Waals surface area contributed by atoms with Gasteiger partial charge in [-0.25, -0.2) is 4.79 Å². The number of hydrogen-bond acceptors (Lipinski definition) is 6. The van der Waals surface area contributed by atoms with Gasteiger partial charge in [-0.05, 0) is 43.0 Å². The van der Waals surface area contributed by atoms with Crippen LogP contribution in [0.2, 0.25) is 0 Å². The van der Waals surface area contributed by atoms with Crippen LogP contribution in [0.5, 0.6) is 0 Å². The van der Waals surface area contributed by atoms with Crippen LogP contribution >= 0.6 is 0 Å². The van der Waals surface area contributed by atoms with E-state index in [1.54, 1.807) is 21.6 Å². The molecule has 1 unspecified atom stereocenters. The van der Waals surface area contributed by atoms with Gasteiger partial charge in [-0.1, -0.05) is 35.9 Å². The minimum Gasteiger partial charge on any atom is -0.356 e. The first-order chi connectivity index (χ1) is 17.9. The van der Waals surface area contributed by atoms with E-state index in [0.717, 1.165) is 28.5 Å². The van der Waals surface area contributed by atoms with Gasteiger partial charge in [-0.3, -0.25) is 18.7 Å². The quantitative estimate of drug-likeness (QED) is 0.547. The van der Waals surface area contributed by atoms with Crippen LogP contribution in [0, 0.1) is 18.3 Å². The molecule has 0 bridgehead atoms. The van der Waals surface area contributed by atoms with Crippen molar-refractivity contribution in [2.75, 3.05) is 24.7 Å². The summed E-state index contributed by atoms with van der Waals surface area (Å²) in [5.41, 5.74) is 2.88. The van der Waals surface area contributed by atoms with E-state index in [9.17, 15) is 19.6 Å². The lowest BCUT2D eigenvalue weighted by Crippen LogP contribution is -2.52. The van der Waals surface area contributed by atoms with E-state index in [1.807, 2.05) is 42.2 Å². The van der Waals surface area contributed by atoms with Crippen molar-refractivity contribution in [2.45, 2.75) is 39.0 Å². The zero-order valence-corrected chi connectivity index (χ0v) is 21.0. The molecule has 2 aliphatic rings. The Hall–Kier alpha value is -4.16. The summed E-state index contributed by atoms with van der Waals surface area (Å²) in [6, 6.07) is 16.5. The van der Waals surface area contributed by atoms with E-state index in [4.69, 9.17) is 4.74 Å². The highest BCUT2D eigenvalue weighted by molar-refractivity contribution is 5.96. The van der Waals surface area contributed by atoms with E-state index < -0.39 is 11.2 Å². The van der Waals surface area contributed by atoms with Crippen LogP contribution in [0.15, 0.2) is 58.1 Å². The molecule has 1 amide bonds. The normalized spacial score (nSPS) is 17.8. The third kappa shape index (κ3) is 4.68. The Bertz CT molecular complexity index is 1520. The Morgan fingerprint density at radius 3 is 2.73 bits per heavy atom. The number of aromatic nitrogens is 2. The number of hydrogen-bond donors (Lipinski definition) is 0. The Morgan fingerprint density at radius 1 is 1.11 bits per heavy atom. The Kier molecular flexibility index (Phi) is 6.68. The van der Waals surface area contributed by atoms with Gasteiger partial charge in [0.15, 0.2) is 0 Å². The number of nitrogens with zero attached hydrogens (tertiary/aromatic N) is 5. The molecule has 0 saturated carbocycles. The highest BCUT2D eigenvalue weighted by Crippen LogP contribution is 2.26. The molecule has 1 atom stereocenters. The number of anilines is 1. The summed E-state index contributed by atoms with van der Waals surface area (Å²) in [4.78, 5) is 43.2. The maximum atomic E-state index is 13.6. The van der Waals surface area contributed by atoms with Crippen LogP contribution in [-0.4, -0.2) is 45.8 Å². The average molecular weight is 500 g/mol. The molecular formula is C28H29N5O4. The molecule has 1 saturated heterocycles. The molecule has 37 heavy (non-hydrogen) atoms. The second-order valence-electron chi connectivity index (χ2n) is 9.69. The summed E-state index contributed by atoms with van der Waals surface area (Å²) >= 11 is 0. The minimum absolute atomic E-state index is 0.0626. The van der Waals surface area contributed by atoms with Crippen molar-refractivity contribution in [2.24, 2.45) is 7.05 Å². The van der Waals surface area contributed by atoms with Crippen LogP contribution in [0.25, 0.3) is 0 Å². The lowest BCUT2D eigenvalue weighted by Gasteiger charge is -2.40. The van der Waals surface area contributed by atoms with Gasteiger partial charge >= 0.3 is 5.69 Å². The van der Waals surface area contributed by atoms with Gasteiger partial charge in [0.05, 0.1) is 30.8 Å². The maximum Gasteiger partial charge on any atom is 0.332 e. The first-order valence-electron chi connectivity index (χ1n) is 12.4. The number of benzene rings is 2. The molecule has 1 fully saturated rings. The second kappa shape index (κ2) is 10.1. The van der Waals surface area contributed by atoms with Gasteiger partial charge in [0, 0.05) is 31.8 Å². The Balaban J connectivity index is 1.49. The summed E-state index contributed by atoms with van der Waals surface area (Å²) in [5.74, 6) is 0.428. The van der Waals surface area contributed by atoms with Crippen molar-refractivity contribution in [3.05, 3.63) is 97.2 Å². The van der Waals surface area contributed by atoms with Gasteiger partial charge in [-0.15, -0.1) is 0 Å². The highest BCUT2D eigenvalue weighted by Gasteiger charge is 2.33. The van der Waals surface area contributed by atoms with Crippen molar-refractivity contribution in [3.63, 3.8) is 0 Å². The molecule has 9 nitrogen and oxygen atoms in total. The molecule has 5 rings (SSSR count). The number of carbonyl (C=O) groups excluding carboxylic acids is 1. The summed E-state index contributed by atoms with van der Waals surface area (Å²) in [5, 5.41) is 9.54. The van der Waals surface area contributed by atoms with E-state index >= 15 is 0 Å². The predicted molar refractivity (Wildman–Crippen MR) is 138 cm³/mol. The van der Waals surface area contributed by atoms with Crippen LogP contribution < -0.4 is 16.1 Å². The number of fused-ring (bicyclic) bond motifs is 1. The summed E-state index contributed by atoms with van der Waals surface area (Å²) in [7, 11) is 1.45. The standard InChI is InChI=1S/C28H29N5O4/c1-19-9-10-22-17-37-18-33(27(35)24(22)12-19)23-8-5-11-31(16-23)25-13-26(34)30(2)28(36)32(25)15-21-7-4-3-6-20(21)14-29/h3-4,6-7,9-10,12-13,23H,5,8,11,15-18H2,1-2H3. The summed E-state index contributed by atoms with van der Waals surface area (Å²) in [6.07, 6.45) is 1.58. The van der Waals surface area contributed by atoms with Crippen LogP contribution in [0.3, 0.4) is 0 Å². The van der Waals surface area contributed by atoms with Crippen LogP contribution in [0.1, 0.15) is 45.5 Å². The van der Waals surface area contributed by atoms with Crippen LogP contribution in [0.4, 0.5) is 5.82 Å². The Labute approximate surface area is 214 Å². The lowest BCUT2D eigenvalue weighted by molar-refractivity contribution is 0.00550. The topological polar surface area (TPSA) is 101 Å². The summed E-state index contributed by atoms with van der Waals surface area (Å²) < 4.78 is 8.48. The first-order valence-corrected chi connectivity index (χ1v) is 12.4. The fourth-order valence-electron chi connectivity index (χ4n) is 5.18. The van der Waals surface area contributed by atoms with E-state index in [1.165, 1.54) is 13.1 Å². The Morgan fingerprint density at radius 2 is 1.92 bits per heavy atom. The predicted octanol–water partition coefficient (Wildman–Crippen LogP) is 2.37.